The van der Waals surface area contributed by atoms with Crippen LogP contribution in [-0.4, -0.2) is 17.2 Å². The number of carbonyl (C=O) groups excluding carboxylic acids is 1. The summed E-state index contributed by atoms with van der Waals surface area (Å²) < 4.78 is 9.70. The van der Waals surface area contributed by atoms with E-state index in [-0.39, 0.29) is 5.76 Å². The van der Waals surface area contributed by atoms with Crippen LogP contribution in [0, 0.1) is 10.1 Å². The van der Waals surface area contributed by atoms with Crippen molar-refractivity contribution in [2.75, 3.05) is 0 Å². The van der Waals surface area contributed by atoms with Gasteiger partial charge in [0.15, 0.2) is 5.76 Å². The molecule has 2 aromatic rings. The van der Waals surface area contributed by atoms with E-state index < -0.39 is 16.9 Å². The molecule has 0 bridgehead atoms. The summed E-state index contributed by atoms with van der Waals surface area (Å²) in [6.07, 6.45) is 0.340. The first-order valence-electron chi connectivity index (χ1n) is 5.45. The maximum Gasteiger partial charge on any atom is 0.433 e. The van der Waals surface area contributed by atoms with Crippen LogP contribution in [0.3, 0.4) is 0 Å². The van der Waals surface area contributed by atoms with Crippen molar-refractivity contribution < 1.29 is 18.9 Å². The van der Waals surface area contributed by atoms with Crippen molar-refractivity contribution in [2.45, 2.75) is 0 Å². The van der Waals surface area contributed by atoms with Crippen LogP contribution in [0.5, 0.6) is 5.75 Å². The predicted octanol–water partition coefficient (Wildman–Crippen LogP) is 2.31. The van der Waals surface area contributed by atoms with Gasteiger partial charge in [0.1, 0.15) is 10.7 Å². The largest absolute Gasteiger partial charge is 0.433 e. The second-order valence-electron chi connectivity index (χ2n) is 3.51. The molecule has 0 radical (unpaired) electrons. The van der Waals surface area contributed by atoms with Crippen molar-refractivity contribution in [3.05, 3.63) is 58.3 Å². The third-order valence-electron chi connectivity index (χ3n) is 2.09. The number of amides is 1. The lowest BCUT2D eigenvalue weighted by atomic mass is 10.3. The predicted molar refractivity (Wildman–Crippen MR) is 68.6 cm³/mol. The third kappa shape index (κ3) is 3.67. The molecule has 8 nitrogen and oxygen atoms in total. The van der Waals surface area contributed by atoms with Gasteiger partial charge in [-0.15, -0.1) is 0 Å². The summed E-state index contributed by atoms with van der Waals surface area (Å²) in [6, 6.07) is 11.0. The van der Waals surface area contributed by atoms with Gasteiger partial charge in [-0.25, -0.2) is 10.2 Å². The molecule has 0 saturated heterocycles. The SMILES string of the molecule is O=C(N/N=C/c1ccc([N+](=O)[O-])o1)Oc1ccccc1. The van der Waals surface area contributed by atoms with Gasteiger partial charge in [-0.3, -0.25) is 10.1 Å². The number of nitrogens with zero attached hydrogens (tertiary/aromatic N) is 2. The first-order valence-corrected chi connectivity index (χ1v) is 5.45. The van der Waals surface area contributed by atoms with Crippen LogP contribution in [0.1, 0.15) is 5.76 Å². The Kier molecular flexibility index (Phi) is 4.07. The number of hydrazone groups is 1. The Labute approximate surface area is 112 Å². The summed E-state index contributed by atoms with van der Waals surface area (Å²) in [5, 5.41) is 13.9. The lowest BCUT2D eigenvalue weighted by molar-refractivity contribution is -0.402. The summed E-state index contributed by atoms with van der Waals surface area (Å²) in [4.78, 5) is 21.0. The van der Waals surface area contributed by atoms with Crippen LogP contribution in [-0.2, 0) is 0 Å². The van der Waals surface area contributed by atoms with Gasteiger partial charge in [0.2, 0.25) is 0 Å². The normalized spacial score (nSPS) is 10.4. The minimum atomic E-state index is -0.784. The van der Waals surface area contributed by atoms with Gasteiger partial charge in [-0.1, -0.05) is 18.2 Å². The average molecular weight is 275 g/mol. The van der Waals surface area contributed by atoms with E-state index in [1.165, 1.54) is 12.1 Å². The molecule has 2 rings (SSSR count). The number of nitrogens with one attached hydrogen (secondary N) is 1. The molecule has 1 amide bonds. The van der Waals surface area contributed by atoms with Crippen LogP contribution in [0.15, 0.2) is 52.0 Å². The lowest BCUT2D eigenvalue weighted by Crippen LogP contribution is -2.21. The van der Waals surface area contributed by atoms with Crippen molar-refractivity contribution in [2.24, 2.45) is 5.10 Å². The zero-order chi connectivity index (χ0) is 14.4. The Morgan fingerprint density at radius 1 is 1.30 bits per heavy atom. The summed E-state index contributed by atoms with van der Waals surface area (Å²) in [7, 11) is 0. The highest BCUT2D eigenvalue weighted by Gasteiger charge is 2.10. The van der Waals surface area contributed by atoms with Crippen molar-refractivity contribution >= 4 is 18.2 Å². The first-order chi connectivity index (χ1) is 9.65. The summed E-state index contributed by atoms with van der Waals surface area (Å²) >= 11 is 0. The van der Waals surface area contributed by atoms with Crippen LogP contribution < -0.4 is 10.2 Å². The van der Waals surface area contributed by atoms with E-state index in [9.17, 15) is 14.9 Å². The molecule has 20 heavy (non-hydrogen) atoms. The van der Waals surface area contributed by atoms with Gasteiger partial charge in [-0.05, 0) is 18.2 Å². The fraction of sp³-hybridized carbons (Fsp3) is 0. The molecule has 0 atom stereocenters. The third-order valence-corrected chi connectivity index (χ3v) is 2.09. The maximum atomic E-state index is 11.3. The zero-order valence-electron chi connectivity index (χ0n) is 10.1. The van der Waals surface area contributed by atoms with E-state index in [1.807, 2.05) is 0 Å². The van der Waals surface area contributed by atoms with Crippen molar-refractivity contribution in [1.29, 1.82) is 0 Å². The Bertz CT molecular complexity index is 636. The number of benzene rings is 1. The Hall–Kier alpha value is -3.16. The first kappa shape index (κ1) is 13.3. The molecule has 102 valence electrons. The Morgan fingerprint density at radius 2 is 2.05 bits per heavy atom. The lowest BCUT2D eigenvalue weighted by Gasteiger charge is -2.01. The fourth-order valence-electron chi connectivity index (χ4n) is 1.28. The van der Waals surface area contributed by atoms with Crippen LogP contribution in [0.4, 0.5) is 10.7 Å². The van der Waals surface area contributed by atoms with E-state index in [4.69, 9.17) is 9.15 Å². The molecule has 1 N–H and O–H groups in total. The van der Waals surface area contributed by atoms with Crippen molar-refractivity contribution in [3.8, 4) is 5.75 Å². The van der Waals surface area contributed by atoms with Gasteiger partial charge < -0.3 is 9.15 Å². The van der Waals surface area contributed by atoms with Crippen LogP contribution >= 0.6 is 0 Å². The quantitative estimate of drug-likeness (QED) is 0.523. The molecule has 0 aliphatic rings. The Morgan fingerprint density at radius 3 is 2.70 bits per heavy atom. The molecule has 1 aromatic carbocycles. The topological polar surface area (TPSA) is 107 Å². The minimum absolute atomic E-state index is 0.136. The van der Waals surface area contributed by atoms with E-state index >= 15 is 0 Å². The molecule has 0 spiro atoms. The minimum Gasteiger partial charge on any atom is -0.409 e. The molecule has 0 unspecified atom stereocenters. The number of para-hydroxylation sites is 1. The molecule has 1 aromatic heterocycles. The average Bonchev–Trinajstić information content (AvgIpc) is 2.89. The number of ether oxygens (including phenoxy) is 1. The van der Waals surface area contributed by atoms with Gasteiger partial charge in [0, 0.05) is 0 Å². The molecule has 1 heterocycles. The van der Waals surface area contributed by atoms with Gasteiger partial charge in [0.05, 0.1) is 12.3 Å². The molecular weight excluding hydrogens is 266 g/mol. The van der Waals surface area contributed by atoms with Crippen molar-refractivity contribution in [3.63, 3.8) is 0 Å². The number of hydrogen-bond acceptors (Lipinski definition) is 6. The van der Waals surface area contributed by atoms with Gasteiger partial charge in [0.25, 0.3) is 0 Å². The van der Waals surface area contributed by atoms with E-state index in [0.717, 1.165) is 6.21 Å². The molecular formula is C12H9N3O5. The number of furan rings is 1. The second kappa shape index (κ2) is 6.14. The van der Waals surface area contributed by atoms with Crippen molar-refractivity contribution in [1.82, 2.24) is 5.43 Å². The van der Waals surface area contributed by atoms with Gasteiger partial charge >= 0.3 is 12.0 Å². The Balaban J connectivity index is 1.86. The molecule has 0 fully saturated rings. The number of carbonyl (C=O) groups is 1. The maximum absolute atomic E-state index is 11.3. The smallest absolute Gasteiger partial charge is 0.409 e. The van der Waals surface area contributed by atoms with Gasteiger partial charge in [-0.2, -0.15) is 5.10 Å². The standard InChI is InChI=1S/C12H9N3O5/c16-12(20-9-4-2-1-3-5-9)14-13-8-10-6-7-11(19-10)15(17)18/h1-8H,(H,14,16)/b13-8+. The summed E-state index contributed by atoms with van der Waals surface area (Å²) in [6.45, 7) is 0. The molecule has 8 heteroatoms. The zero-order valence-corrected chi connectivity index (χ0v) is 10.1. The monoisotopic (exact) mass is 275 g/mol. The molecule has 0 aliphatic carbocycles. The van der Waals surface area contributed by atoms with E-state index in [2.05, 4.69) is 10.5 Å². The highest BCUT2D eigenvalue weighted by atomic mass is 16.6. The fourth-order valence-corrected chi connectivity index (χ4v) is 1.28. The van der Waals surface area contributed by atoms with Crippen LogP contribution in [0.25, 0.3) is 0 Å². The summed E-state index contributed by atoms with van der Waals surface area (Å²) in [5.74, 6) is 0.101. The number of nitro groups is 1. The highest BCUT2D eigenvalue weighted by molar-refractivity contribution is 5.78. The summed E-state index contributed by atoms with van der Waals surface area (Å²) in [5.41, 5.74) is 2.10. The second-order valence-corrected chi connectivity index (χ2v) is 3.51. The molecule has 0 saturated carbocycles. The highest BCUT2D eigenvalue weighted by Crippen LogP contribution is 2.13. The van der Waals surface area contributed by atoms with E-state index in [0.29, 0.717) is 5.75 Å². The van der Waals surface area contributed by atoms with E-state index in [1.54, 1.807) is 30.3 Å². The number of rotatable bonds is 4. The number of hydrogen-bond donors (Lipinski definition) is 1. The van der Waals surface area contributed by atoms with Crippen LogP contribution in [0.2, 0.25) is 0 Å². The molecule has 0 aliphatic heterocycles.